The van der Waals surface area contributed by atoms with Gasteiger partial charge >= 0.3 is 5.97 Å². The maximum atomic E-state index is 15.7. The molecule has 1 spiro atoms. The fourth-order valence-electron chi connectivity index (χ4n) is 11.2. The predicted molar refractivity (Wildman–Crippen MR) is 322 cm³/mol. The van der Waals surface area contributed by atoms with E-state index in [0.717, 1.165) is 45.3 Å². The average molecular weight is 1230 g/mol. The van der Waals surface area contributed by atoms with E-state index >= 15 is 4.39 Å². The molecule has 0 unspecified atom stereocenters. The van der Waals surface area contributed by atoms with Gasteiger partial charge in [-0.2, -0.15) is 10.2 Å². The van der Waals surface area contributed by atoms with Crippen LogP contribution in [0.2, 0.25) is 5.02 Å². The van der Waals surface area contributed by atoms with Gasteiger partial charge < -0.3 is 55.9 Å². The number of nitriles is 1. The lowest BCUT2D eigenvalue weighted by Crippen LogP contribution is -2.50. The Labute approximate surface area is 509 Å². The Morgan fingerprint density at radius 1 is 0.841 bits per heavy atom. The van der Waals surface area contributed by atoms with Gasteiger partial charge in [0.05, 0.1) is 77.9 Å². The highest BCUT2D eigenvalue weighted by Crippen LogP contribution is 2.42. The molecular formula is C60H66ClF2N17O8. The summed E-state index contributed by atoms with van der Waals surface area (Å²) >= 11 is 6.72. The minimum atomic E-state index is -1.26. The number of aromatic amines is 1. The normalized spacial score (nSPS) is 15.9. The number of hydrogen-bond donors (Lipinski definition) is 6. The summed E-state index contributed by atoms with van der Waals surface area (Å²) in [6.45, 7) is 10.2. The number of anilines is 4. The lowest BCUT2D eigenvalue weighted by molar-refractivity contribution is -0.140. The number of carboxylic acids is 1. The van der Waals surface area contributed by atoms with Crippen molar-refractivity contribution in [1.29, 1.82) is 5.26 Å². The lowest BCUT2D eigenvalue weighted by atomic mass is 9.71. The maximum Gasteiger partial charge on any atom is 0.326 e. The number of nitrogens with two attached hydrogens (primary N) is 1. The van der Waals surface area contributed by atoms with Crippen LogP contribution in [0.3, 0.4) is 0 Å². The standard InChI is InChI=1S/C60H66ClF2N17O8/c1-35(42-27-37(29-64)3-8-43(42)62)71-52-49(61)36(2)70-46-28-44(63)50(74-51(46)52)39-30-68-59(69-31-39)80-21-19-79(20-22-80)48(82)34-88-26-25-87-24-23-77-15-11-60(12-16-77)13-17-78(18-14-60)47(81)10-9-45(57(85)86)73-55(83)38-4-6-40(7-5-38)66-32-41-33-67-54-53(72-41)56(84)76-58(65)75-54/h3-8,27-28,30-31,33,35,45,66H,9-26,32,34H2,1-2H3,(H,70,71)(H,73,83)(H,85,86)(H3,65,67,75,76,84)/t35-,45+/m1/s1. The van der Waals surface area contributed by atoms with Gasteiger partial charge in [-0.1, -0.05) is 11.6 Å². The molecule has 10 rings (SSSR count). The number of likely N-dealkylation sites (tertiary alicyclic amines) is 2. The number of carbonyl (C=O) groups excluding carboxylic acids is 3. The zero-order valence-electron chi connectivity index (χ0n) is 48.5. The molecule has 3 fully saturated rings. The number of ether oxygens (including phenoxy) is 2. The molecule has 0 saturated carbocycles. The minimum Gasteiger partial charge on any atom is -0.480 e. The largest absolute Gasteiger partial charge is 0.480 e. The van der Waals surface area contributed by atoms with Crippen LogP contribution in [0.5, 0.6) is 0 Å². The number of aryl methyl sites for hydroxylation is 1. The number of piperidine rings is 2. The zero-order chi connectivity index (χ0) is 62.1. The third-order valence-electron chi connectivity index (χ3n) is 16.4. The number of aliphatic carboxylic acids is 1. The highest BCUT2D eigenvalue weighted by molar-refractivity contribution is 6.35. The molecule has 5 aromatic heterocycles. The number of carbonyl (C=O) groups is 4. The predicted octanol–water partition coefficient (Wildman–Crippen LogP) is 5.64. The number of fused-ring (bicyclic) bond motifs is 2. The van der Waals surface area contributed by atoms with E-state index < -0.39 is 41.2 Å². The van der Waals surface area contributed by atoms with E-state index in [-0.39, 0.29) is 99.8 Å². The molecule has 28 heteroatoms. The monoisotopic (exact) mass is 1230 g/mol. The molecule has 7 N–H and O–H groups in total. The van der Waals surface area contributed by atoms with Crippen molar-refractivity contribution in [3.8, 4) is 17.3 Å². The number of nitrogen functional groups attached to an aromatic ring is 1. The lowest BCUT2D eigenvalue weighted by Gasteiger charge is -2.47. The van der Waals surface area contributed by atoms with Gasteiger partial charge in [-0.05, 0) is 107 Å². The molecule has 3 amide bonds. The van der Waals surface area contributed by atoms with Crippen molar-refractivity contribution in [3.05, 3.63) is 122 Å². The number of H-pyrrole nitrogens is 1. The summed E-state index contributed by atoms with van der Waals surface area (Å²) in [7, 11) is 0. The van der Waals surface area contributed by atoms with Crippen LogP contribution in [0, 0.1) is 35.3 Å². The molecule has 88 heavy (non-hydrogen) atoms. The van der Waals surface area contributed by atoms with Crippen molar-refractivity contribution >= 4 is 80.8 Å². The van der Waals surface area contributed by atoms with Gasteiger partial charge in [-0.3, -0.25) is 24.2 Å². The first-order valence-electron chi connectivity index (χ1n) is 29.0. The Morgan fingerprint density at radius 3 is 2.26 bits per heavy atom. The van der Waals surface area contributed by atoms with Crippen molar-refractivity contribution in [3.63, 3.8) is 0 Å². The molecule has 8 heterocycles. The van der Waals surface area contributed by atoms with Gasteiger partial charge in [0, 0.05) is 93.1 Å². The Hall–Kier alpha value is -9.10. The maximum absolute atomic E-state index is 15.7. The van der Waals surface area contributed by atoms with Gasteiger partial charge in [0.25, 0.3) is 11.5 Å². The van der Waals surface area contributed by atoms with Crippen LogP contribution in [0.15, 0.2) is 71.9 Å². The van der Waals surface area contributed by atoms with Gasteiger partial charge in [0.1, 0.15) is 29.7 Å². The van der Waals surface area contributed by atoms with Crippen molar-refractivity contribution in [2.75, 3.05) is 107 Å². The van der Waals surface area contributed by atoms with Crippen LogP contribution in [0.4, 0.5) is 32.1 Å². The number of nitrogens with zero attached hydrogens (tertiary/aromatic N) is 12. The average Bonchev–Trinajstić information content (AvgIpc) is 1.01. The fraction of sp³-hybridized carbons (Fsp3) is 0.417. The molecule has 0 radical (unpaired) electrons. The summed E-state index contributed by atoms with van der Waals surface area (Å²) in [6.07, 6.45) is 8.09. The molecule has 3 saturated heterocycles. The highest BCUT2D eigenvalue weighted by Gasteiger charge is 2.39. The van der Waals surface area contributed by atoms with E-state index in [1.54, 1.807) is 47.9 Å². The molecular weight excluding hydrogens is 1160 g/mol. The number of hydrogen-bond acceptors (Lipinski definition) is 20. The van der Waals surface area contributed by atoms with Crippen LogP contribution in [0.1, 0.15) is 84.4 Å². The molecule has 3 aliphatic heterocycles. The molecule has 0 aliphatic carbocycles. The summed E-state index contributed by atoms with van der Waals surface area (Å²) in [5.74, 6) is -2.90. The number of amides is 3. The second-order valence-electron chi connectivity index (χ2n) is 22.1. The Balaban J connectivity index is 0.583. The van der Waals surface area contributed by atoms with Gasteiger partial charge in [0.15, 0.2) is 17.0 Å². The van der Waals surface area contributed by atoms with Crippen molar-refractivity contribution in [2.45, 2.75) is 71.0 Å². The summed E-state index contributed by atoms with van der Waals surface area (Å²) in [5, 5.41) is 28.5. The van der Waals surface area contributed by atoms with Gasteiger partial charge in [-0.25, -0.2) is 43.5 Å². The Kier molecular flexibility index (Phi) is 19.5. The number of piperazine rings is 1. The summed E-state index contributed by atoms with van der Waals surface area (Å²) in [5.41, 5.74) is 8.77. The second-order valence-corrected chi connectivity index (χ2v) is 22.5. The number of halogens is 3. The number of pyridine rings is 2. The smallest absolute Gasteiger partial charge is 0.326 e. The summed E-state index contributed by atoms with van der Waals surface area (Å²) in [6, 6.07) is 11.8. The number of carboxylic acid groups (broad SMARTS) is 1. The molecule has 25 nitrogen and oxygen atoms in total. The van der Waals surface area contributed by atoms with E-state index in [4.69, 9.17) is 26.8 Å². The molecule has 7 aromatic rings. The van der Waals surface area contributed by atoms with Crippen molar-refractivity contribution < 1.29 is 42.5 Å². The molecule has 2 atom stereocenters. The van der Waals surface area contributed by atoms with Crippen LogP contribution in [0.25, 0.3) is 33.5 Å². The fourth-order valence-corrected chi connectivity index (χ4v) is 11.3. The third kappa shape index (κ3) is 14.8. The quantitative estimate of drug-likeness (QED) is 0.0447. The Bertz CT molecular complexity index is 3810. The van der Waals surface area contributed by atoms with Gasteiger partial charge in [0.2, 0.25) is 23.7 Å². The minimum absolute atomic E-state index is 0.0181. The van der Waals surface area contributed by atoms with E-state index in [2.05, 4.69) is 60.7 Å². The van der Waals surface area contributed by atoms with E-state index in [1.807, 2.05) is 11.0 Å². The van der Waals surface area contributed by atoms with E-state index in [9.17, 15) is 38.7 Å². The number of nitrogens with one attached hydrogen (secondary N) is 4. The van der Waals surface area contributed by atoms with Crippen LogP contribution in [-0.4, -0.2) is 175 Å². The van der Waals surface area contributed by atoms with E-state index in [0.29, 0.717) is 92.3 Å². The first kappa shape index (κ1) is 62.0. The molecule has 0 bridgehead atoms. The Morgan fingerprint density at radius 2 is 1.55 bits per heavy atom. The molecule has 3 aliphatic rings. The van der Waals surface area contributed by atoms with E-state index in [1.165, 1.54) is 42.9 Å². The summed E-state index contributed by atoms with van der Waals surface area (Å²) < 4.78 is 42.1. The molecule has 460 valence electrons. The zero-order valence-corrected chi connectivity index (χ0v) is 49.3. The number of aromatic nitrogens is 8. The second kappa shape index (κ2) is 27.7. The topological polar surface area (TPSA) is 329 Å². The highest BCUT2D eigenvalue weighted by atomic mass is 35.5. The SMILES string of the molecule is Cc1nc2cc(F)c(-c3cnc(N4CCN(C(=O)COCCOCCN5CCC6(CC5)CCN(C(=O)CC[C@H](NC(=O)c5ccc(NCc7cnc8nc(N)[nH]c(=O)c8n7)cc5)C(=O)O)CC6)CC4)nc3)nc2c(N[C@H](C)c2cc(C#N)ccc2F)c1Cl. The summed E-state index contributed by atoms with van der Waals surface area (Å²) in [4.78, 5) is 105. The van der Waals surface area contributed by atoms with Crippen LogP contribution in [-0.2, 0) is 30.4 Å². The molecule has 2 aromatic carbocycles. The van der Waals surface area contributed by atoms with Crippen molar-refractivity contribution in [1.82, 2.24) is 59.9 Å². The number of rotatable bonds is 22. The third-order valence-corrected chi connectivity index (χ3v) is 16.9. The van der Waals surface area contributed by atoms with Gasteiger partial charge in [-0.15, -0.1) is 0 Å². The first-order chi connectivity index (χ1) is 42.4. The first-order valence-corrected chi connectivity index (χ1v) is 29.3. The van der Waals surface area contributed by atoms with Crippen LogP contribution < -0.4 is 32.1 Å². The number of benzene rings is 2. The van der Waals surface area contributed by atoms with Crippen molar-refractivity contribution in [2.24, 2.45) is 5.41 Å². The van der Waals surface area contributed by atoms with Crippen LogP contribution >= 0.6 is 11.6 Å².